The molecular weight excluding hydrogens is 250 g/mol. The molecule has 0 saturated carbocycles. The van der Waals surface area contributed by atoms with Crippen LogP contribution in [0.25, 0.3) is 10.2 Å². The summed E-state index contributed by atoms with van der Waals surface area (Å²) in [6.07, 6.45) is 4.50. The molecule has 2 aromatic heterocycles. The number of aryl methyl sites for hydroxylation is 1. The SMILES string of the molecule is CC1CCCc2sc3[nH]cc(C(=O)O)c(=O)c3c21. The number of thiophene rings is 1. The fourth-order valence-electron chi connectivity index (χ4n) is 2.73. The van der Waals surface area contributed by atoms with Gasteiger partial charge in [0.1, 0.15) is 10.4 Å². The van der Waals surface area contributed by atoms with Crippen LogP contribution in [0.15, 0.2) is 11.0 Å². The average Bonchev–Trinajstić information content (AvgIpc) is 2.69. The Morgan fingerprint density at radius 2 is 2.33 bits per heavy atom. The van der Waals surface area contributed by atoms with Crippen LogP contribution in [0.3, 0.4) is 0 Å². The zero-order valence-corrected chi connectivity index (χ0v) is 10.8. The molecule has 2 heterocycles. The second-order valence-electron chi connectivity index (χ2n) is 4.77. The molecule has 0 saturated heterocycles. The maximum Gasteiger partial charge on any atom is 0.341 e. The van der Waals surface area contributed by atoms with Crippen molar-refractivity contribution in [3.63, 3.8) is 0 Å². The lowest BCUT2D eigenvalue weighted by Gasteiger charge is -2.18. The van der Waals surface area contributed by atoms with Crippen LogP contribution in [-0.2, 0) is 6.42 Å². The largest absolute Gasteiger partial charge is 0.477 e. The molecule has 94 valence electrons. The molecule has 1 aliphatic rings. The fraction of sp³-hybridized carbons (Fsp3) is 0.385. The molecule has 1 aliphatic carbocycles. The number of aromatic nitrogens is 1. The van der Waals surface area contributed by atoms with Gasteiger partial charge in [-0.3, -0.25) is 4.79 Å². The van der Waals surface area contributed by atoms with Gasteiger partial charge in [-0.15, -0.1) is 11.3 Å². The van der Waals surface area contributed by atoms with E-state index in [9.17, 15) is 9.59 Å². The maximum absolute atomic E-state index is 12.3. The minimum atomic E-state index is -1.17. The molecule has 2 aromatic rings. The van der Waals surface area contributed by atoms with Crippen molar-refractivity contribution in [2.75, 3.05) is 0 Å². The number of hydrogen-bond acceptors (Lipinski definition) is 3. The number of nitrogens with one attached hydrogen (secondary N) is 1. The van der Waals surface area contributed by atoms with Crippen LogP contribution in [-0.4, -0.2) is 16.1 Å². The molecule has 0 bridgehead atoms. The first-order chi connectivity index (χ1) is 8.59. The molecule has 1 unspecified atom stereocenters. The molecule has 2 N–H and O–H groups in total. The van der Waals surface area contributed by atoms with Crippen LogP contribution >= 0.6 is 11.3 Å². The number of hydrogen-bond donors (Lipinski definition) is 2. The third kappa shape index (κ3) is 1.50. The highest BCUT2D eigenvalue weighted by Gasteiger charge is 2.25. The zero-order valence-electron chi connectivity index (χ0n) is 9.95. The van der Waals surface area contributed by atoms with Gasteiger partial charge in [0.25, 0.3) is 0 Å². The van der Waals surface area contributed by atoms with Gasteiger partial charge in [0.05, 0.1) is 5.39 Å². The lowest BCUT2D eigenvalue weighted by molar-refractivity contribution is 0.0695. The highest BCUT2D eigenvalue weighted by molar-refractivity contribution is 7.18. The van der Waals surface area contributed by atoms with Crippen molar-refractivity contribution in [2.24, 2.45) is 0 Å². The van der Waals surface area contributed by atoms with Gasteiger partial charge in [0, 0.05) is 11.1 Å². The second kappa shape index (κ2) is 3.95. The number of rotatable bonds is 1. The Balaban J connectivity index is 2.40. The van der Waals surface area contributed by atoms with Crippen LogP contribution in [0.2, 0.25) is 0 Å². The van der Waals surface area contributed by atoms with Gasteiger partial charge in [-0.2, -0.15) is 0 Å². The standard InChI is InChI=1S/C13H13NO3S/c1-6-3-2-4-8-9(6)10-11(15)7(13(16)17)5-14-12(10)18-8/h5-6H,2-4H2,1H3,(H,14,15)(H,16,17). The van der Waals surface area contributed by atoms with E-state index < -0.39 is 5.97 Å². The summed E-state index contributed by atoms with van der Waals surface area (Å²) in [6.45, 7) is 2.11. The number of carbonyl (C=O) groups is 1. The third-order valence-corrected chi connectivity index (χ3v) is 4.80. The van der Waals surface area contributed by atoms with Gasteiger partial charge in [-0.1, -0.05) is 6.92 Å². The van der Waals surface area contributed by atoms with Gasteiger partial charge in [0.15, 0.2) is 0 Å². The van der Waals surface area contributed by atoms with Gasteiger partial charge >= 0.3 is 5.97 Å². The Labute approximate surface area is 107 Å². The maximum atomic E-state index is 12.3. The Morgan fingerprint density at radius 1 is 1.56 bits per heavy atom. The molecule has 0 aliphatic heterocycles. The number of aromatic carboxylic acids is 1. The van der Waals surface area contributed by atoms with E-state index in [0.717, 1.165) is 29.7 Å². The Bertz CT molecular complexity index is 698. The Morgan fingerprint density at radius 3 is 3.06 bits per heavy atom. The van der Waals surface area contributed by atoms with E-state index in [1.54, 1.807) is 11.3 Å². The number of fused-ring (bicyclic) bond motifs is 3. The molecule has 1 atom stereocenters. The van der Waals surface area contributed by atoms with Gasteiger partial charge < -0.3 is 10.1 Å². The van der Waals surface area contributed by atoms with Crippen LogP contribution < -0.4 is 5.43 Å². The first-order valence-corrected chi connectivity index (χ1v) is 6.81. The molecule has 0 aromatic carbocycles. The second-order valence-corrected chi connectivity index (χ2v) is 5.88. The Kier molecular flexibility index (Phi) is 2.52. The summed E-state index contributed by atoms with van der Waals surface area (Å²) in [4.78, 5) is 28.3. The molecule has 18 heavy (non-hydrogen) atoms. The summed E-state index contributed by atoms with van der Waals surface area (Å²) in [6, 6.07) is 0. The predicted octanol–water partition coefficient (Wildman–Crippen LogP) is 2.73. The summed E-state index contributed by atoms with van der Waals surface area (Å²) in [5, 5.41) is 9.62. The van der Waals surface area contributed by atoms with E-state index in [4.69, 9.17) is 5.11 Å². The summed E-state index contributed by atoms with van der Waals surface area (Å²) < 4.78 is 0. The van der Waals surface area contributed by atoms with E-state index in [1.165, 1.54) is 11.1 Å². The lowest BCUT2D eigenvalue weighted by Crippen LogP contribution is -2.16. The van der Waals surface area contributed by atoms with Crippen molar-refractivity contribution in [2.45, 2.75) is 32.1 Å². The van der Waals surface area contributed by atoms with Crippen molar-refractivity contribution in [1.82, 2.24) is 4.98 Å². The van der Waals surface area contributed by atoms with Gasteiger partial charge in [0.2, 0.25) is 5.43 Å². The van der Waals surface area contributed by atoms with Gasteiger partial charge in [-0.25, -0.2) is 4.79 Å². The van der Waals surface area contributed by atoms with Crippen molar-refractivity contribution in [1.29, 1.82) is 0 Å². The van der Waals surface area contributed by atoms with Crippen LogP contribution in [0.5, 0.6) is 0 Å². The van der Waals surface area contributed by atoms with Crippen LogP contribution in [0.4, 0.5) is 0 Å². The van der Waals surface area contributed by atoms with Crippen molar-refractivity contribution >= 4 is 27.5 Å². The lowest BCUT2D eigenvalue weighted by atomic mass is 9.87. The summed E-state index contributed by atoms with van der Waals surface area (Å²) in [5.41, 5.74) is 0.564. The number of pyridine rings is 1. The predicted molar refractivity (Wildman–Crippen MR) is 70.8 cm³/mol. The smallest absolute Gasteiger partial charge is 0.341 e. The van der Waals surface area contributed by atoms with Crippen LogP contribution in [0.1, 0.15) is 46.5 Å². The number of carboxylic acids is 1. The highest BCUT2D eigenvalue weighted by atomic mass is 32.1. The average molecular weight is 263 g/mol. The third-order valence-electron chi connectivity index (χ3n) is 3.61. The van der Waals surface area contributed by atoms with E-state index in [0.29, 0.717) is 11.3 Å². The molecule has 0 amide bonds. The minimum absolute atomic E-state index is 0.166. The number of H-pyrrole nitrogens is 1. The minimum Gasteiger partial charge on any atom is -0.477 e. The van der Waals surface area contributed by atoms with Crippen LogP contribution in [0, 0.1) is 0 Å². The summed E-state index contributed by atoms with van der Waals surface area (Å²) in [5.74, 6) is -0.825. The summed E-state index contributed by atoms with van der Waals surface area (Å²) >= 11 is 1.59. The molecule has 3 rings (SSSR count). The van der Waals surface area contributed by atoms with E-state index >= 15 is 0 Å². The first-order valence-electron chi connectivity index (χ1n) is 6.00. The molecular formula is C13H13NO3S. The Hall–Kier alpha value is -1.62. The molecule has 4 nitrogen and oxygen atoms in total. The normalized spacial score (nSPS) is 18.8. The van der Waals surface area contributed by atoms with Crippen molar-refractivity contribution in [3.8, 4) is 0 Å². The molecule has 0 fully saturated rings. The fourth-order valence-corrected chi connectivity index (χ4v) is 4.06. The topological polar surface area (TPSA) is 70.2 Å². The number of carboxylic acid groups (broad SMARTS) is 1. The zero-order chi connectivity index (χ0) is 12.9. The molecule has 0 spiro atoms. The monoisotopic (exact) mass is 263 g/mol. The van der Waals surface area contributed by atoms with E-state index in [-0.39, 0.29) is 11.0 Å². The first kappa shape index (κ1) is 11.5. The van der Waals surface area contributed by atoms with Gasteiger partial charge in [-0.05, 0) is 30.7 Å². The highest BCUT2D eigenvalue weighted by Crippen LogP contribution is 2.40. The van der Waals surface area contributed by atoms with E-state index in [1.807, 2.05) is 0 Å². The summed E-state index contributed by atoms with van der Waals surface area (Å²) in [7, 11) is 0. The number of aromatic amines is 1. The quantitative estimate of drug-likeness (QED) is 0.831. The molecule has 0 radical (unpaired) electrons. The molecule has 5 heteroatoms. The van der Waals surface area contributed by atoms with Crippen molar-refractivity contribution in [3.05, 3.63) is 32.4 Å². The van der Waals surface area contributed by atoms with E-state index in [2.05, 4.69) is 11.9 Å². The van der Waals surface area contributed by atoms with Crippen molar-refractivity contribution < 1.29 is 9.90 Å².